The molecule has 1 atom stereocenters. The molecule has 29 heavy (non-hydrogen) atoms. The number of hydrogen-bond acceptors (Lipinski definition) is 4. The zero-order valence-electron chi connectivity index (χ0n) is 16.0. The molecule has 0 saturated carbocycles. The molecular weight excluding hydrogens is 415 g/mol. The predicted molar refractivity (Wildman–Crippen MR) is 114 cm³/mol. The third kappa shape index (κ3) is 7.05. The summed E-state index contributed by atoms with van der Waals surface area (Å²) in [6, 6.07) is 12.9. The van der Waals surface area contributed by atoms with Crippen LogP contribution in [0.2, 0.25) is 10.0 Å². The third-order valence-corrected chi connectivity index (χ3v) is 4.82. The van der Waals surface area contributed by atoms with E-state index in [4.69, 9.17) is 23.2 Å². The number of carbonyl (C=O) groups excluding carboxylic acids is 3. The van der Waals surface area contributed by atoms with Crippen LogP contribution in [0.3, 0.4) is 0 Å². The maximum atomic E-state index is 12.3. The highest BCUT2D eigenvalue weighted by Crippen LogP contribution is 2.29. The summed E-state index contributed by atoms with van der Waals surface area (Å²) in [6.45, 7) is 1.79. The minimum atomic E-state index is -0.718. The largest absolute Gasteiger partial charge is 0.334 e. The van der Waals surface area contributed by atoms with Gasteiger partial charge < -0.3 is 10.6 Å². The van der Waals surface area contributed by atoms with E-state index in [0.717, 1.165) is 5.56 Å². The average molecular weight is 437 g/mol. The first-order valence-corrected chi connectivity index (χ1v) is 9.60. The van der Waals surface area contributed by atoms with Gasteiger partial charge in [-0.05, 0) is 31.7 Å². The lowest BCUT2D eigenvalue weighted by molar-refractivity contribution is -0.125. The monoisotopic (exact) mass is 436 g/mol. The molecule has 2 rings (SSSR count). The van der Waals surface area contributed by atoms with Crippen molar-refractivity contribution < 1.29 is 14.4 Å². The summed E-state index contributed by atoms with van der Waals surface area (Å²) >= 11 is 12.1. The Morgan fingerprint density at radius 3 is 2.24 bits per heavy atom. The Balaban J connectivity index is 1.82. The van der Waals surface area contributed by atoms with E-state index >= 15 is 0 Å². The van der Waals surface area contributed by atoms with Gasteiger partial charge in [0.1, 0.15) is 0 Å². The fraction of sp³-hybridized carbons (Fsp3) is 0.250. The molecule has 0 fully saturated rings. The van der Waals surface area contributed by atoms with Gasteiger partial charge in [-0.1, -0.05) is 59.6 Å². The number of benzene rings is 2. The lowest BCUT2D eigenvalue weighted by atomic mass is 10.2. The molecule has 154 valence electrons. The summed E-state index contributed by atoms with van der Waals surface area (Å²) in [6.07, 6.45) is 0. The molecule has 9 heteroatoms. The van der Waals surface area contributed by atoms with Crippen LogP contribution in [0.1, 0.15) is 12.5 Å². The first kappa shape index (κ1) is 22.7. The summed E-state index contributed by atoms with van der Waals surface area (Å²) in [5.41, 5.74) is 1.22. The van der Waals surface area contributed by atoms with E-state index in [0.29, 0.717) is 22.3 Å². The van der Waals surface area contributed by atoms with E-state index in [1.807, 2.05) is 30.3 Å². The van der Waals surface area contributed by atoms with Crippen LogP contribution in [0.5, 0.6) is 0 Å². The van der Waals surface area contributed by atoms with Crippen molar-refractivity contribution in [2.75, 3.05) is 18.9 Å². The number of amides is 4. The number of imide groups is 1. The van der Waals surface area contributed by atoms with Crippen LogP contribution in [-0.4, -0.2) is 42.4 Å². The number of halogens is 2. The molecule has 0 saturated heterocycles. The van der Waals surface area contributed by atoms with Gasteiger partial charge in [0, 0.05) is 6.54 Å². The smallest absolute Gasteiger partial charge is 0.321 e. The van der Waals surface area contributed by atoms with Gasteiger partial charge in [0.05, 0.1) is 28.3 Å². The van der Waals surface area contributed by atoms with Crippen molar-refractivity contribution in [2.45, 2.75) is 19.5 Å². The number of anilines is 1. The van der Waals surface area contributed by atoms with E-state index in [9.17, 15) is 14.4 Å². The predicted octanol–water partition coefficient (Wildman–Crippen LogP) is 3.28. The zero-order valence-corrected chi connectivity index (χ0v) is 17.6. The average Bonchev–Trinajstić information content (AvgIpc) is 2.69. The highest BCUT2D eigenvalue weighted by atomic mass is 35.5. The van der Waals surface area contributed by atoms with E-state index in [2.05, 4.69) is 16.0 Å². The van der Waals surface area contributed by atoms with Crippen molar-refractivity contribution in [3.8, 4) is 0 Å². The SMILES string of the molecule is CC(C(=O)NC(=O)NCc1ccccc1)N(C)CC(=O)Nc1c(Cl)cccc1Cl. The zero-order chi connectivity index (χ0) is 21.4. The Morgan fingerprint density at radius 1 is 1.00 bits per heavy atom. The number of para-hydroxylation sites is 1. The van der Waals surface area contributed by atoms with Gasteiger partial charge >= 0.3 is 6.03 Å². The summed E-state index contributed by atoms with van der Waals surface area (Å²) in [4.78, 5) is 37.9. The molecule has 2 aromatic rings. The Kier molecular flexibility index (Phi) is 8.45. The molecule has 0 radical (unpaired) electrons. The van der Waals surface area contributed by atoms with Gasteiger partial charge in [-0.25, -0.2) is 4.79 Å². The molecule has 0 aliphatic heterocycles. The second kappa shape index (κ2) is 10.8. The van der Waals surface area contributed by atoms with E-state index in [1.165, 1.54) is 4.90 Å². The van der Waals surface area contributed by atoms with Crippen LogP contribution in [-0.2, 0) is 16.1 Å². The van der Waals surface area contributed by atoms with Crippen LogP contribution in [0.4, 0.5) is 10.5 Å². The maximum Gasteiger partial charge on any atom is 0.321 e. The van der Waals surface area contributed by atoms with Crippen molar-refractivity contribution in [1.29, 1.82) is 0 Å². The number of carbonyl (C=O) groups is 3. The van der Waals surface area contributed by atoms with Crippen LogP contribution >= 0.6 is 23.2 Å². The van der Waals surface area contributed by atoms with Crippen LogP contribution in [0.15, 0.2) is 48.5 Å². The van der Waals surface area contributed by atoms with Crippen molar-refractivity contribution >= 4 is 46.7 Å². The number of nitrogens with zero attached hydrogens (tertiary/aromatic N) is 1. The second-order valence-electron chi connectivity index (χ2n) is 6.39. The number of rotatable bonds is 7. The van der Waals surface area contributed by atoms with Gasteiger partial charge in [0.15, 0.2) is 0 Å². The molecule has 0 heterocycles. The molecule has 0 bridgehead atoms. The van der Waals surface area contributed by atoms with Crippen LogP contribution in [0.25, 0.3) is 0 Å². The van der Waals surface area contributed by atoms with Crippen LogP contribution in [0, 0.1) is 0 Å². The van der Waals surface area contributed by atoms with Gasteiger partial charge in [-0.15, -0.1) is 0 Å². The molecule has 7 nitrogen and oxygen atoms in total. The number of urea groups is 1. The van der Waals surface area contributed by atoms with Gasteiger partial charge in [0.2, 0.25) is 11.8 Å². The Morgan fingerprint density at radius 2 is 1.62 bits per heavy atom. The van der Waals surface area contributed by atoms with Crippen molar-refractivity contribution in [2.24, 2.45) is 0 Å². The highest BCUT2D eigenvalue weighted by molar-refractivity contribution is 6.39. The topological polar surface area (TPSA) is 90.5 Å². The van der Waals surface area contributed by atoms with E-state index in [1.54, 1.807) is 32.2 Å². The molecule has 0 aromatic heterocycles. The quantitative estimate of drug-likeness (QED) is 0.620. The van der Waals surface area contributed by atoms with Gasteiger partial charge in [0.25, 0.3) is 0 Å². The van der Waals surface area contributed by atoms with E-state index < -0.39 is 23.9 Å². The second-order valence-corrected chi connectivity index (χ2v) is 7.21. The molecule has 0 spiro atoms. The molecule has 0 aliphatic carbocycles. The minimum absolute atomic E-state index is 0.0955. The van der Waals surface area contributed by atoms with Crippen molar-refractivity contribution in [3.05, 3.63) is 64.1 Å². The first-order valence-electron chi connectivity index (χ1n) is 8.84. The fourth-order valence-electron chi connectivity index (χ4n) is 2.40. The summed E-state index contributed by atoms with van der Waals surface area (Å²) < 4.78 is 0. The molecular formula is C20H22Cl2N4O3. The highest BCUT2D eigenvalue weighted by Gasteiger charge is 2.22. The lowest BCUT2D eigenvalue weighted by Crippen LogP contribution is -2.49. The molecule has 4 amide bonds. The number of hydrogen-bond donors (Lipinski definition) is 3. The van der Waals surface area contributed by atoms with Gasteiger partial charge in [-0.2, -0.15) is 0 Å². The number of likely N-dealkylation sites (N-methyl/N-ethyl adjacent to an activating group) is 1. The fourth-order valence-corrected chi connectivity index (χ4v) is 2.89. The third-order valence-electron chi connectivity index (χ3n) is 4.19. The minimum Gasteiger partial charge on any atom is -0.334 e. The Labute approximate surface area is 179 Å². The van der Waals surface area contributed by atoms with Crippen molar-refractivity contribution in [1.82, 2.24) is 15.5 Å². The summed E-state index contributed by atoms with van der Waals surface area (Å²) in [7, 11) is 1.60. The summed E-state index contributed by atoms with van der Waals surface area (Å²) in [5.74, 6) is -0.919. The van der Waals surface area contributed by atoms with Gasteiger partial charge in [-0.3, -0.25) is 19.8 Å². The molecule has 3 N–H and O–H groups in total. The van der Waals surface area contributed by atoms with E-state index in [-0.39, 0.29) is 6.54 Å². The lowest BCUT2D eigenvalue weighted by Gasteiger charge is -2.23. The Hall–Kier alpha value is -2.61. The van der Waals surface area contributed by atoms with Crippen LogP contribution < -0.4 is 16.0 Å². The maximum absolute atomic E-state index is 12.3. The number of nitrogens with one attached hydrogen (secondary N) is 3. The summed E-state index contributed by atoms with van der Waals surface area (Å²) in [5, 5.41) is 8.13. The standard InChI is InChI=1S/C20H22Cl2N4O3/c1-13(19(28)25-20(29)23-11-14-7-4-3-5-8-14)26(2)12-17(27)24-18-15(21)9-6-10-16(18)22/h3-10,13H,11-12H2,1-2H3,(H,24,27)(H2,23,25,28,29). The molecule has 1 unspecified atom stereocenters. The first-order chi connectivity index (χ1) is 13.8. The molecule has 2 aromatic carbocycles. The Bertz CT molecular complexity index is 857. The van der Waals surface area contributed by atoms with Crippen molar-refractivity contribution in [3.63, 3.8) is 0 Å². The molecule has 0 aliphatic rings. The normalized spacial score (nSPS) is 11.6.